The largest absolute Gasteiger partial charge is 0.296 e. The number of rotatable bonds is 5. The third-order valence-electron chi connectivity index (χ3n) is 4.70. The van der Waals surface area contributed by atoms with Crippen molar-refractivity contribution in [2.75, 3.05) is 19.6 Å². The summed E-state index contributed by atoms with van der Waals surface area (Å²) in [6.07, 6.45) is 2.28. The van der Waals surface area contributed by atoms with Gasteiger partial charge in [-0.3, -0.25) is 14.4 Å². The van der Waals surface area contributed by atoms with Crippen LogP contribution in [0.1, 0.15) is 34.6 Å². The van der Waals surface area contributed by atoms with Gasteiger partial charge in [-0.05, 0) is 51.8 Å². The van der Waals surface area contributed by atoms with Gasteiger partial charge in [-0.1, -0.05) is 30.3 Å². The minimum Gasteiger partial charge on any atom is -0.296 e. The molecule has 0 radical (unpaired) electrons. The number of likely N-dealkylation sites (tertiary alicyclic amines) is 1. The zero-order valence-corrected chi connectivity index (χ0v) is 14.0. The fraction of sp³-hybridized carbons (Fsp3) is 0.474. The SMILES string of the molecule is Cc1cc(C)n(CC2CCN(CC(=O)c3ccccc3)CC2)n1. The van der Waals surface area contributed by atoms with Gasteiger partial charge in [0, 0.05) is 17.8 Å². The van der Waals surface area contributed by atoms with Gasteiger partial charge in [0.25, 0.3) is 0 Å². The molecule has 0 N–H and O–H groups in total. The lowest BCUT2D eigenvalue weighted by Gasteiger charge is -2.31. The normalized spacial score (nSPS) is 16.6. The summed E-state index contributed by atoms with van der Waals surface area (Å²) in [6.45, 7) is 7.71. The van der Waals surface area contributed by atoms with E-state index in [2.05, 4.69) is 27.7 Å². The number of aryl methyl sites for hydroxylation is 2. The Labute approximate surface area is 138 Å². The lowest BCUT2D eigenvalue weighted by molar-refractivity contribution is 0.0889. The van der Waals surface area contributed by atoms with E-state index >= 15 is 0 Å². The van der Waals surface area contributed by atoms with E-state index in [4.69, 9.17) is 0 Å². The summed E-state index contributed by atoms with van der Waals surface area (Å²) < 4.78 is 2.13. The molecule has 0 atom stereocenters. The van der Waals surface area contributed by atoms with Crippen LogP contribution in [0, 0.1) is 19.8 Å². The van der Waals surface area contributed by atoms with E-state index < -0.39 is 0 Å². The van der Waals surface area contributed by atoms with E-state index in [1.807, 2.05) is 37.3 Å². The molecule has 0 unspecified atom stereocenters. The van der Waals surface area contributed by atoms with Gasteiger partial charge < -0.3 is 0 Å². The molecule has 0 amide bonds. The molecule has 0 bridgehead atoms. The predicted molar refractivity (Wildman–Crippen MR) is 91.6 cm³/mol. The van der Waals surface area contributed by atoms with Crippen molar-refractivity contribution in [3.05, 3.63) is 53.3 Å². The van der Waals surface area contributed by atoms with Crippen LogP contribution in [0.15, 0.2) is 36.4 Å². The van der Waals surface area contributed by atoms with Gasteiger partial charge in [-0.2, -0.15) is 5.10 Å². The summed E-state index contributed by atoms with van der Waals surface area (Å²) in [5.74, 6) is 0.888. The molecule has 1 fully saturated rings. The number of benzene rings is 1. The quantitative estimate of drug-likeness (QED) is 0.796. The molecule has 0 aliphatic carbocycles. The first kappa shape index (κ1) is 15.9. The number of piperidine rings is 1. The van der Waals surface area contributed by atoms with Crippen molar-refractivity contribution in [1.82, 2.24) is 14.7 Å². The fourth-order valence-electron chi connectivity index (χ4n) is 3.35. The highest BCUT2D eigenvalue weighted by Crippen LogP contribution is 2.20. The molecule has 2 heterocycles. The molecule has 1 aromatic heterocycles. The number of hydrogen-bond donors (Lipinski definition) is 0. The van der Waals surface area contributed by atoms with Crippen molar-refractivity contribution in [2.45, 2.75) is 33.2 Å². The van der Waals surface area contributed by atoms with Gasteiger partial charge in [0.15, 0.2) is 5.78 Å². The number of carbonyl (C=O) groups excluding carboxylic acids is 1. The second-order valence-corrected chi connectivity index (χ2v) is 6.62. The molecule has 4 nitrogen and oxygen atoms in total. The smallest absolute Gasteiger partial charge is 0.176 e. The molecule has 1 aromatic carbocycles. The van der Waals surface area contributed by atoms with Crippen molar-refractivity contribution in [3.63, 3.8) is 0 Å². The standard InChI is InChI=1S/C19H25N3O/c1-15-12-16(2)22(20-15)13-17-8-10-21(11-9-17)14-19(23)18-6-4-3-5-7-18/h3-7,12,17H,8-11,13-14H2,1-2H3. The average Bonchev–Trinajstić information content (AvgIpc) is 2.87. The molecule has 3 rings (SSSR count). The summed E-state index contributed by atoms with van der Waals surface area (Å²) in [4.78, 5) is 14.6. The molecular formula is C19H25N3O. The van der Waals surface area contributed by atoms with Crippen LogP contribution in [-0.4, -0.2) is 40.1 Å². The highest BCUT2D eigenvalue weighted by atomic mass is 16.1. The van der Waals surface area contributed by atoms with Gasteiger partial charge in [-0.15, -0.1) is 0 Å². The molecule has 23 heavy (non-hydrogen) atoms. The summed E-state index contributed by atoms with van der Waals surface area (Å²) in [6, 6.07) is 11.7. The van der Waals surface area contributed by atoms with E-state index in [0.717, 1.165) is 43.7 Å². The molecule has 1 aliphatic heterocycles. The van der Waals surface area contributed by atoms with Crippen LogP contribution in [0.5, 0.6) is 0 Å². The lowest BCUT2D eigenvalue weighted by Crippen LogP contribution is -2.38. The number of Topliss-reactive ketones (excluding diaryl/α,β-unsaturated/α-hetero) is 1. The topological polar surface area (TPSA) is 38.1 Å². The first-order valence-corrected chi connectivity index (χ1v) is 8.43. The van der Waals surface area contributed by atoms with Gasteiger partial charge in [0.1, 0.15) is 0 Å². The van der Waals surface area contributed by atoms with Gasteiger partial charge in [0.2, 0.25) is 0 Å². The molecule has 0 spiro atoms. The number of aromatic nitrogens is 2. The third kappa shape index (κ3) is 4.08. The highest BCUT2D eigenvalue weighted by Gasteiger charge is 2.22. The second kappa shape index (κ2) is 7.09. The highest BCUT2D eigenvalue weighted by molar-refractivity contribution is 5.97. The summed E-state index contributed by atoms with van der Waals surface area (Å²) >= 11 is 0. The zero-order chi connectivity index (χ0) is 16.2. The Morgan fingerprint density at radius 3 is 2.48 bits per heavy atom. The predicted octanol–water partition coefficient (Wildman–Crippen LogP) is 3.09. The van der Waals surface area contributed by atoms with Crippen LogP contribution in [0.25, 0.3) is 0 Å². The molecule has 4 heteroatoms. The fourth-order valence-corrected chi connectivity index (χ4v) is 3.35. The molecule has 1 saturated heterocycles. The number of hydrogen-bond acceptors (Lipinski definition) is 3. The van der Waals surface area contributed by atoms with Crippen LogP contribution < -0.4 is 0 Å². The third-order valence-corrected chi connectivity index (χ3v) is 4.70. The van der Waals surface area contributed by atoms with E-state index in [9.17, 15) is 4.79 Å². The van der Waals surface area contributed by atoms with Gasteiger partial charge >= 0.3 is 0 Å². The van der Waals surface area contributed by atoms with Gasteiger partial charge in [0.05, 0.1) is 12.2 Å². The number of carbonyl (C=O) groups is 1. The maximum atomic E-state index is 12.3. The Balaban J connectivity index is 1.49. The summed E-state index contributed by atoms with van der Waals surface area (Å²) in [7, 11) is 0. The van der Waals surface area contributed by atoms with E-state index in [1.165, 1.54) is 5.69 Å². The maximum Gasteiger partial charge on any atom is 0.176 e. The minimum atomic E-state index is 0.225. The summed E-state index contributed by atoms with van der Waals surface area (Å²) in [5.41, 5.74) is 3.15. The van der Waals surface area contributed by atoms with Crippen molar-refractivity contribution >= 4 is 5.78 Å². The molecule has 1 aliphatic rings. The van der Waals surface area contributed by atoms with Crippen molar-refractivity contribution in [1.29, 1.82) is 0 Å². The van der Waals surface area contributed by atoms with Crippen LogP contribution >= 0.6 is 0 Å². The Kier molecular flexibility index (Phi) is 4.91. The summed E-state index contributed by atoms with van der Waals surface area (Å²) in [5, 5.41) is 4.56. The zero-order valence-electron chi connectivity index (χ0n) is 14.0. The van der Waals surface area contributed by atoms with Gasteiger partial charge in [-0.25, -0.2) is 0 Å². The van der Waals surface area contributed by atoms with E-state index in [0.29, 0.717) is 12.5 Å². The Morgan fingerprint density at radius 1 is 1.17 bits per heavy atom. The number of ketones is 1. The first-order chi connectivity index (χ1) is 11.1. The average molecular weight is 311 g/mol. The van der Waals surface area contributed by atoms with E-state index in [1.54, 1.807) is 0 Å². The Hall–Kier alpha value is -1.94. The van der Waals surface area contributed by atoms with E-state index in [-0.39, 0.29) is 5.78 Å². The lowest BCUT2D eigenvalue weighted by atomic mass is 9.96. The minimum absolute atomic E-state index is 0.225. The van der Waals surface area contributed by atoms with Crippen molar-refractivity contribution < 1.29 is 4.79 Å². The Morgan fingerprint density at radius 2 is 1.87 bits per heavy atom. The van der Waals surface area contributed by atoms with Crippen LogP contribution in [-0.2, 0) is 6.54 Å². The van der Waals surface area contributed by atoms with Crippen LogP contribution in [0.2, 0.25) is 0 Å². The monoisotopic (exact) mass is 311 g/mol. The first-order valence-electron chi connectivity index (χ1n) is 8.43. The molecule has 2 aromatic rings. The molecule has 0 saturated carbocycles. The van der Waals surface area contributed by atoms with Crippen LogP contribution in [0.3, 0.4) is 0 Å². The second-order valence-electron chi connectivity index (χ2n) is 6.62. The van der Waals surface area contributed by atoms with Crippen molar-refractivity contribution in [2.24, 2.45) is 5.92 Å². The molecular weight excluding hydrogens is 286 g/mol. The molecule has 122 valence electrons. The maximum absolute atomic E-state index is 12.3. The Bertz CT molecular complexity index is 655. The number of nitrogens with zero attached hydrogens (tertiary/aromatic N) is 3. The van der Waals surface area contributed by atoms with Crippen molar-refractivity contribution in [3.8, 4) is 0 Å². The van der Waals surface area contributed by atoms with Crippen LogP contribution in [0.4, 0.5) is 0 Å².